The number of carbonyl (C=O) groups is 1. The highest BCUT2D eigenvalue weighted by atomic mass is 35.5. The van der Waals surface area contributed by atoms with Crippen molar-refractivity contribution < 1.29 is 9.53 Å². The highest BCUT2D eigenvalue weighted by molar-refractivity contribution is 6.31. The summed E-state index contributed by atoms with van der Waals surface area (Å²) in [7, 11) is 0. The highest BCUT2D eigenvalue weighted by Crippen LogP contribution is 2.37. The van der Waals surface area contributed by atoms with Gasteiger partial charge < -0.3 is 10.1 Å². The molecule has 18 heavy (non-hydrogen) atoms. The lowest BCUT2D eigenvalue weighted by Gasteiger charge is -2.16. The fraction of sp³-hybridized carbons (Fsp3) is 0.385. The number of rotatable bonds is 3. The average Bonchev–Trinajstić information content (AvgIpc) is 2.77. The molecule has 1 fully saturated rings. The molecule has 1 aromatic rings. The SMILES string of the molecule is CCOc1ccc(Cl)c(C#N)c1C1CNC(=O)C1. The molecule has 1 N–H and O–H groups in total. The second-order valence-corrected chi connectivity index (χ2v) is 4.49. The maximum absolute atomic E-state index is 11.3. The number of hydrogen-bond donors (Lipinski definition) is 1. The number of ether oxygens (including phenoxy) is 1. The molecule has 4 nitrogen and oxygen atoms in total. The highest BCUT2D eigenvalue weighted by Gasteiger charge is 2.29. The van der Waals surface area contributed by atoms with Gasteiger partial charge in [-0.3, -0.25) is 4.79 Å². The Balaban J connectivity index is 2.50. The molecular weight excluding hydrogens is 252 g/mol. The van der Waals surface area contributed by atoms with Crippen LogP contribution in [0.2, 0.25) is 5.02 Å². The molecule has 0 bridgehead atoms. The standard InChI is InChI=1S/C13H13ClN2O2/c1-2-18-11-4-3-10(14)9(6-15)13(11)8-5-12(17)16-7-8/h3-4,8H,2,5,7H2,1H3,(H,16,17). The number of carbonyl (C=O) groups excluding carboxylic acids is 1. The number of halogens is 1. The van der Waals surface area contributed by atoms with Crippen molar-refractivity contribution >= 4 is 17.5 Å². The molecular formula is C13H13ClN2O2. The van der Waals surface area contributed by atoms with E-state index >= 15 is 0 Å². The maximum Gasteiger partial charge on any atom is 0.220 e. The maximum atomic E-state index is 11.3. The van der Waals surface area contributed by atoms with Gasteiger partial charge in [-0.2, -0.15) is 5.26 Å². The first-order chi connectivity index (χ1) is 8.67. The quantitative estimate of drug-likeness (QED) is 0.910. The number of nitriles is 1. The molecule has 1 aliphatic rings. The zero-order valence-electron chi connectivity index (χ0n) is 10.00. The van der Waals surface area contributed by atoms with Gasteiger partial charge in [0.2, 0.25) is 5.91 Å². The first-order valence-electron chi connectivity index (χ1n) is 5.79. The van der Waals surface area contributed by atoms with Crippen LogP contribution in [0.25, 0.3) is 0 Å². The average molecular weight is 265 g/mol. The molecule has 1 amide bonds. The molecule has 1 saturated heterocycles. The molecule has 0 saturated carbocycles. The van der Waals surface area contributed by atoms with E-state index in [1.54, 1.807) is 12.1 Å². The first kappa shape index (κ1) is 12.7. The predicted octanol–water partition coefficient (Wildman–Crippen LogP) is 2.21. The van der Waals surface area contributed by atoms with Crippen molar-refractivity contribution in [1.29, 1.82) is 5.26 Å². The third-order valence-electron chi connectivity index (χ3n) is 2.95. The van der Waals surface area contributed by atoms with Gasteiger partial charge in [-0.1, -0.05) is 11.6 Å². The van der Waals surface area contributed by atoms with Crippen molar-refractivity contribution in [2.45, 2.75) is 19.3 Å². The minimum atomic E-state index is -0.0487. The Morgan fingerprint density at radius 2 is 2.39 bits per heavy atom. The third-order valence-corrected chi connectivity index (χ3v) is 3.27. The fourth-order valence-electron chi connectivity index (χ4n) is 2.18. The topological polar surface area (TPSA) is 62.1 Å². The molecule has 2 rings (SSSR count). The molecule has 5 heteroatoms. The van der Waals surface area contributed by atoms with Crippen LogP contribution in [-0.4, -0.2) is 19.1 Å². The van der Waals surface area contributed by atoms with Crippen LogP contribution in [0.4, 0.5) is 0 Å². The minimum absolute atomic E-state index is 0.00804. The molecule has 0 aromatic heterocycles. The summed E-state index contributed by atoms with van der Waals surface area (Å²) < 4.78 is 5.53. The molecule has 0 spiro atoms. The van der Waals surface area contributed by atoms with E-state index in [0.717, 1.165) is 5.56 Å². The van der Waals surface area contributed by atoms with Crippen LogP contribution in [0.1, 0.15) is 30.4 Å². The van der Waals surface area contributed by atoms with E-state index in [9.17, 15) is 10.1 Å². The van der Waals surface area contributed by atoms with Crippen molar-refractivity contribution in [1.82, 2.24) is 5.32 Å². The summed E-state index contributed by atoms with van der Waals surface area (Å²) in [6.07, 6.45) is 0.370. The molecule has 0 aliphatic carbocycles. The van der Waals surface area contributed by atoms with Crippen molar-refractivity contribution in [3.05, 3.63) is 28.3 Å². The lowest BCUT2D eigenvalue weighted by molar-refractivity contribution is -0.119. The Labute approximate surface area is 111 Å². The van der Waals surface area contributed by atoms with E-state index in [0.29, 0.717) is 35.9 Å². The molecule has 94 valence electrons. The zero-order chi connectivity index (χ0) is 13.1. The summed E-state index contributed by atoms with van der Waals surface area (Å²) >= 11 is 6.03. The second-order valence-electron chi connectivity index (χ2n) is 4.08. The normalized spacial score (nSPS) is 18.3. The molecule has 1 unspecified atom stereocenters. The van der Waals surface area contributed by atoms with Crippen LogP contribution in [0.3, 0.4) is 0 Å². The van der Waals surface area contributed by atoms with Crippen LogP contribution >= 0.6 is 11.6 Å². The molecule has 1 atom stereocenters. The minimum Gasteiger partial charge on any atom is -0.494 e. The number of nitrogens with zero attached hydrogens (tertiary/aromatic N) is 1. The summed E-state index contributed by atoms with van der Waals surface area (Å²) in [6.45, 7) is 2.91. The molecule has 1 heterocycles. The molecule has 1 aromatic carbocycles. The monoisotopic (exact) mass is 264 g/mol. The molecule has 1 aliphatic heterocycles. The third kappa shape index (κ3) is 2.27. The predicted molar refractivity (Wildman–Crippen MR) is 67.7 cm³/mol. The van der Waals surface area contributed by atoms with Gasteiger partial charge >= 0.3 is 0 Å². The summed E-state index contributed by atoms with van der Waals surface area (Å²) in [5, 5.41) is 12.4. The van der Waals surface area contributed by atoms with E-state index in [-0.39, 0.29) is 11.8 Å². The number of hydrogen-bond acceptors (Lipinski definition) is 3. The Hall–Kier alpha value is -1.73. The smallest absolute Gasteiger partial charge is 0.220 e. The van der Waals surface area contributed by atoms with Crippen LogP contribution in [0.15, 0.2) is 12.1 Å². The first-order valence-corrected chi connectivity index (χ1v) is 6.17. The van der Waals surface area contributed by atoms with Gasteiger partial charge in [-0.25, -0.2) is 0 Å². The Morgan fingerprint density at radius 1 is 1.61 bits per heavy atom. The van der Waals surface area contributed by atoms with Gasteiger partial charge in [0.05, 0.1) is 17.2 Å². The number of amides is 1. The fourth-order valence-corrected chi connectivity index (χ4v) is 2.39. The largest absolute Gasteiger partial charge is 0.494 e. The van der Waals surface area contributed by atoms with Crippen molar-refractivity contribution in [3.63, 3.8) is 0 Å². The van der Waals surface area contributed by atoms with Crippen molar-refractivity contribution in [3.8, 4) is 11.8 Å². The summed E-state index contributed by atoms with van der Waals surface area (Å²) in [5.74, 6) is 0.582. The Kier molecular flexibility index (Phi) is 3.73. The van der Waals surface area contributed by atoms with Gasteiger partial charge in [0.1, 0.15) is 11.8 Å². The van der Waals surface area contributed by atoms with E-state index in [4.69, 9.17) is 16.3 Å². The van der Waals surface area contributed by atoms with Crippen LogP contribution in [0, 0.1) is 11.3 Å². The van der Waals surface area contributed by atoms with Gasteiger partial charge in [0, 0.05) is 24.4 Å². The van der Waals surface area contributed by atoms with Crippen LogP contribution in [-0.2, 0) is 4.79 Å². The lowest BCUT2D eigenvalue weighted by atomic mass is 9.92. The zero-order valence-corrected chi connectivity index (χ0v) is 10.8. The van der Waals surface area contributed by atoms with E-state index in [1.165, 1.54) is 0 Å². The van der Waals surface area contributed by atoms with Gasteiger partial charge in [0.15, 0.2) is 0 Å². The summed E-state index contributed by atoms with van der Waals surface area (Å²) in [4.78, 5) is 11.3. The Bertz CT molecular complexity index is 522. The van der Waals surface area contributed by atoms with Gasteiger partial charge in [-0.05, 0) is 19.1 Å². The van der Waals surface area contributed by atoms with Crippen LogP contribution < -0.4 is 10.1 Å². The van der Waals surface area contributed by atoms with Crippen molar-refractivity contribution in [2.24, 2.45) is 0 Å². The number of nitrogens with one attached hydrogen (secondary N) is 1. The second kappa shape index (κ2) is 5.28. The van der Waals surface area contributed by atoms with Crippen molar-refractivity contribution in [2.75, 3.05) is 13.2 Å². The van der Waals surface area contributed by atoms with E-state index < -0.39 is 0 Å². The number of benzene rings is 1. The van der Waals surface area contributed by atoms with Gasteiger partial charge in [-0.15, -0.1) is 0 Å². The van der Waals surface area contributed by atoms with Crippen LogP contribution in [0.5, 0.6) is 5.75 Å². The van der Waals surface area contributed by atoms with E-state index in [1.807, 2.05) is 6.92 Å². The summed E-state index contributed by atoms with van der Waals surface area (Å²) in [5.41, 5.74) is 1.15. The molecule has 0 radical (unpaired) electrons. The van der Waals surface area contributed by atoms with Gasteiger partial charge in [0.25, 0.3) is 0 Å². The van der Waals surface area contributed by atoms with E-state index in [2.05, 4.69) is 11.4 Å². The summed E-state index contributed by atoms with van der Waals surface area (Å²) in [6, 6.07) is 5.51. The Morgan fingerprint density at radius 3 is 2.94 bits per heavy atom. The lowest BCUT2D eigenvalue weighted by Crippen LogP contribution is -2.14.